The van der Waals surface area contributed by atoms with E-state index in [0.29, 0.717) is 27.3 Å². The van der Waals surface area contributed by atoms with E-state index in [9.17, 15) is 4.79 Å². The second-order valence-corrected chi connectivity index (χ2v) is 7.40. The van der Waals surface area contributed by atoms with Crippen molar-refractivity contribution in [1.82, 2.24) is 4.90 Å². The van der Waals surface area contributed by atoms with Crippen LogP contribution in [0.15, 0.2) is 47.4 Å². The van der Waals surface area contributed by atoms with Gasteiger partial charge in [-0.25, -0.2) is 0 Å². The van der Waals surface area contributed by atoms with Crippen molar-refractivity contribution < 1.29 is 19.0 Å². The predicted molar refractivity (Wildman–Crippen MR) is 104 cm³/mol. The molecule has 2 aliphatic heterocycles. The second kappa shape index (κ2) is 7.01. The van der Waals surface area contributed by atoms with Crippen molar-refractivity contribution >= 4 is 40.3 Å². The number of amides is 1. The summed E-state index contributed by atoms with van der Waals surface area (Å²) in [5.74, 6) is 2.09. The van der Waals surface area contributed by atoms with Crippen LogP contribution in [0.4, 0.5) is 0 Å². The summed E-state index contributed by atoms with van der Waals surface area (Å²) in [6.45, 7) is 0.663. The molecule has 2 heterocycles. The van der Waals surface area contributed by atoms with Crippen molar-refractivity contribution in [2.45, 2.75) is 6.54 Å². The Balaban J connectivity index is 1.52. The van der Waals surface area contributed by atoms with E-state index < -0.39 is 0 Å². The number of methoxy groups -OCH3 is 1. The Bertz CT molecular complexity index is 908. The average Bonchev–Trinajstić information content (AvgIpc) is 3.22. The molecule has 132 valence electrons. The van der Waals surface area contributed by atoms with Crippen LogP contribution in [0.5, 0.6) is 17.2 Å². The summed E-state index contributed by atoms with van der Waals surface area (Å²) < 4.78 is 16.4. The largest absolute Gasteiger partial charge is 0.497 e. The number of thioether (sulfide) groups is 1. The third kappa shape index (κ3) is 3.27. The van der Waals surface area contributed by atoms with Crippen LogP contribution >= 0.6 is 24.0 Å². The molecule has 0 radical (unpaired) electrons. The van der Waals surface area contributed by atoms with Gasteiger partial charge in [-0.05, 0) is 41.5 Å². The fraction of sp³-hybridized carbons (Fsp3) is 0.158. The van der Waals surface area contributed by atoms with Crippen LogP contribution in [-0.4, -0.2) is 29.0 Å². The lowest BCUT2D eigenvalue weighted by molar-refractivity contribution is -0.122. The molecule has 0 atom stereocenters. The van der Waals surface area contributed by atoms with Gasteiger partial charge in [-0.1, -0.05) is 42.2 Å². The van der Waals surface area contributed by atoms with Gasteiger partial charge in [0.15, 0.2) is 11.5 Å². The maximum atomic E-state index is 12.8. The van der Waals surface area contributed by atoms with Crippen LogP contribution in [0.2, 0.25) is 0 Å². The van der Waals surface area contributed by atoms with Crippen LogP contribution in [-0.2, 0) is 11.3 Å². The molecule has 4 rings (SSSR count). The molecule has 2 aliphatic rings. The Labute approximate surface area is 160 Å². The Morgan fingerprint density at radius 1 is 1.19 bits per heavy atom. The van der Waals surface area contributed by atoms with Crippen LogP contribution in [0.3, 0.4) is 0 Å². The van der Waals surface area contributed by atoms with Crippen LogP contribution in [0.25, 0.3) is 6.08 Å². The van der Waals surface area contributed by atoms with Gasteiger partial charge < -0.3 is 14.2 Å². The summed E-state index contributed by atoms with van der Waals surface area (Å²) in [6, 6.07) is 13.2. The first-order valence-electron chi connectivity index (χ1n) is 7.92. The number of thiocarbonyl (C=S) groups is 1. The van der Waals surface area contributed by atoms with E-state index >= 15 is 0 Å². The topological polar surface area (TPSA) is 48.0 Å². The summed E-state index contributed by atoms with van der Waals surface area (Å²) in [5, 5.41) is 0. The van der Waals surface area contributed by atoms with Crippen molar-refractivity contribution in [2.24, 2.45) is 0 Å². The smallest absolute Gasteiger partial charge is 0.266 e. The van der Waals surface area contributed by atoms with Crippen molar-refractivity contribution in [2.75, 3.05) is 13.9 Å². The molecule has 0 spiro atoms. The fourth-order valence-electron chi connectivity index (χ4n) is 2.70. The number of hydrogen-bond donors (Lipinski definition) is 0. The van der Waals surface area contributed by atoms with Crippen LogP contribution in [0.1, 0.15) is 11.1 Å². The normalized spacial score (nSPS) is 17.3. The lowest BCUT2D eigenvalue weighted by Crippen LogP contribution is -2.27. The van der Waals surface area contributed by atoms with E-state index in [0.717, 1.165) is 16.9 Å². The number of carbonyl (C=O) groups is 1. The molecule has 0 bridgehead atoms. The summed E-state index contributed by atoms with van der Waals surface area (Å²) >= 11 is 6.70. The molecule has 7 heteroatoms. The summed E-state index contributed by atoms with van der Waals surface area (Å²) in [4.78, 5) is 15.0. The average molecular weight is 385 g/mol. The Kier molecular flexibility index (Phi) is 4.57. The molecule has 1 amide bonds. The first kappa shape index (κ1) is 16.9. The number of hydrogen-bond acceptors (Lipinski definition) is 6. The quantitative estimate of drug-likeness (QED) is 0.589. The zero-order valence-electron chi connectivity index (χ0n) is 13.9. The lowest BCUT2D eigenvalue weighted by Gasteiger charge is -2.14. The zero-order valence-corrected chi connectivity index (χ0v) is 15.6. The third-order valence-electron chi connectivity index (χ3n) is 4.07. The molecular formula is C19H15NO4S2. The summed E-state index contributed by atoms with van der Waals surface area (Å²) in [5.41, 5.74) is 1.87. The molecule has 0 aliphatic carbocycles. The molecule has 2 aromatic rings. The van der Waals surface area contributed by atoms with E-state index in [-0.39, 0.29) is 12.7 Å². The molecule has 1 saturated heterocycles. The highest BCUT2D eigenvalue weighted by Gasteiger charge is 2.32. The first-order chi connectivity index (χ1) is 12.6. The predicted octanol–water partition coefficient (Wildman–Crippen LogP) is 3.83. The molecule has 2 aromatic carbocycles. The summed E-state index contributed by atoms with van der Waals surface area (Å²) in [7, 11) is 1.62. The van der Waals surface area contributed by atoms with Gasteiger partial charge in [0.1, 0.15) is 10.1 Å². The van der Waals surface area contributed by atoms with Crippen molar-refractivity contribution in [3.8, 4) is 17.2 Å². The number of carbonyl (C=O) groups excluding carboxylic acids is 1. The molecule has 0 saturated carbocycles. The minimum atomic E-state index is -0.0894. The van der Waals surface area contributed by atoms with E-state index in [2.05, 4.69) is 0 Å². The van der Waals surface area contributed by atoms with Gasteiger partial charge in [0.05, 0.1) is 18.6 Å². The van der Waals surface area contributed by atoms with Crippen LogP contribution < -0.4 is 14.2 Å². The fourth-order valence-corrected chi connectivity index (χ4v) is 3.96. The van der Waals surface area contributed by atoms with Gasteiger partial charge in [0.25, 0.3) is 5.91 Å². The van der Waals surface area contributed by atoms with Gasteiger partial charge in [-0.2, -0.15) is 0 Å². The lowest BCUT2D eigenvalue weighted by atomic mass is 10.1. The summed E-state index contributed by atoms with van der Waals surface area (Å²) in [6.07, 6.45) is 1.83. The molecule has 0 aromatic heterocycles. The Hall–Kier alpha value is -2.51. The zero-order chi connectivity index (χ0) is 18.1. The minimum absolute atomic E-state index is 0.0894. The van der Waals surface area contributed by atoms with Crippen LogP contribution in [0, 0.1) is 0 Å². The maximum Gasteiger partial charge on any atom is 0.266 e. The van der Waals surface area contributed by atoms with Gasteiger partial charge >= 0.3 is 0 Å². The number of ether oxygens (including phenoxy) is 3. The number of benzene rings is 2. The van der Waals surface area contributed by atoms with Gasteiger partial charge in [-0.15, -0.1) is 0 Å². The minimum Gasteiger partial charge on any atom is -0.497 e. The van der Waals surface area contributed by atoms with Gasteiger partial charge in [0.2, 0.25) is 6.79 Å². The maximum absolute atomic E-state index is 12.8. The second-order valence-electron chi connectivity index (χ2n) is 5.73. The molecular weight excluding hydrogens is 370 g/mol. The highest BCUT2D eigenvalue weighted by Crippen LogP contribution is 2.36. The molecule has 0 N–H and O–H groups in total. The van der Waals surface area contributed by atoms with E-state index in [1.54, 1.807) is 12.0 Å². The highest BCUT2D eigenvalue weighted by atomic mass is 32.2. The standard InChI is InChI=1S/C19H15NO4S2/c1-22-14-5-2-12(3-6-14)10-20-18(21)17(26-19(20)25)9-13-4-7-15-16(8-13)24-11-23-15/h2-9H,10-11H2,1H3. The highest BCUT2D eigenvalue weighted by molar-refractivity contribution is 8.26. The molecule has 26 heavy (non-hydrogen) atoms. The molecule has 1 fully saturated rings. The van der Waals surface area contributed by atoms with Crippen molar-refractivity contribution in [3.63, 3.8) is 0 Å². The number of fused-ring (bicyclic) bond motifs is 1. The number of rotatable bonds is 4. The molecule has 5 nitrogen and oxygen atoms in total. The van der Waals surface area contributed by atoms with Gasteiger partial charge in [0, 0.05) is 0 Å². The monoisotopic (exact) mass is 385 g/mol. The molecule has 0 unspecified atom stereocenters. The van der Waals surface area contributed by atoms with E-state index in [1.807, 2.05) is 48.5 Å². The SMILES string of the molecule is COc1ccc(CN2C(=O)C(=Cc3ccc4c(c3)OCO4)SC2=S)cc1. The van der Waals surface area contributed by atoms with Gasteiger partial charge in [-0.3, -0.25) is 9.69 Å². The first-order valence-corrected chi connectivity index (χ1v) is 9.14. The van der Waals surface area contributed by atoms with Crippen molar-refractivity contribution in [3.05, 3.63) is 58.5 Å². The van der Waals surface area contributed by atoms with E-state index in [1.165, 1.54) is 11.8 Å². The van der Waals surface area contributed by atoms with Crippen molar-refractivity contribution in [1.29, 1.82) is 0 Å². The Morgan fingerprint density at radius 2 is 1.96 bits per heavy atom. The van der Waals surface area contributed by atoms with E-state index in [4.69, 9.17) is 26.4 Å². The third-order valence-corrected chi connectivity index (χ3v) is 5.45. The number of nitrogens with zero attached hydrogens (tertiary/aromatic N) is 1. The Morgan fingerprint density at radius 3 is 2.73 bits per heavy atom.